The highest BCUT2D eigenvalue weighted by Gasteiger charge is 2.24. The van der Waals surface area contributed by atoms with Gasteiger partial charge in [0.25, 0.3) is 0 Å². The summed E-state index contributed by atoms with van der Waals surface area (Å²) in [5.41, 5.74) is 0. The van der Waals surface area contributed by atoms with Crippen molar-refractivity contribution >= 4 is 5.91 Å². The van der Waals surface area contributed by atoms with Crippen molar-refractivity contribution < 1.29 is 9.63 Å². The van der Waals surface area contributed by atoms with E-state index in [0.717, 1.165) is 12.8 Å². The van der Waals surface area contributed by atoms with Crippen LogP contribution in [0.5, 0.6) is 0 Å². The van der Waals surface area contributed by atoms with Crippen LogP contribution < -0.4 is 0 Å². The maximum absolute atomic E-state index is 11.0. The topological polar surface area (TPSA) is 29.5 Å². The van der Waals surface area contributed by atoms with Gasteiger partial charge in [-0.25, -0.2) is 5.06 Å². The van der Waals surface area contributed by atoms with Crippen LogP contribution in [0.1, 0.15) is 32.6 Å². The molecule has 1 amide bonds. The van der Waals surface area contributed by atoms with Gasteiger partial charge in [-0.3, -0.25) is 9.63 Å². The molecule has 1 rings (SSSR count). The monoisotopic (exact) mass is 157 g/mol. The van der Waals surface area contributed by atoms with E-state index in [0.29, 0.717) is 6.04 Å². The number of amides is 1. The van der Waals surface area contributed by atoms with E-state index >= 15 is 0 Å². The molecule has 1 saturated carbocycles. The summed E-state index contributed by atoms with van der Waals surface area (Å²) in [5.74, 6) is 0.0133. The second-order valence-corrected chi connectivity index (χ2v) is 2.97. The molecule has 0 radical (unpaired) electrons. The van der Waals surface area contributed by atoms with Crippen molar-refractivity contribution in [3.05, 3.63) is 0 Å². The number of hydrogen-bond acceptors (Lipinski definition) is 2. The van der Waals surface area contributed by atoms with Crippen molar-refractivity contribution in [3.8, 4) is 0 Å². The fraction of sp³-hybridized carbons (Fsp3) is 0.875. The quantitative estimate of drug-likeness (QED) is 0.566. The maximum Gasteiger partial charge on any atom is 0.243 e. The molecule has 0 heterocycles. The lowest BCUT2D eigenvalue weighted by Crippen LogP contribution is -2.36. The van der Waals surface area contributed by atoms with Gasteiger partial charge >= 0.3 is 0 Å². The highest BCUT2D eigenvalue weighted by atomic mass is 16.7. The first kappa shape index (κ1) is 8.53. The number of hydroxylamine groups is 2. The van der Waals surface area contributed by atoms with Gasteiger partial charge in [0, 0.05) is 6.92 Å². The molecule has 3 heteroatoms. The summed E-state index contributed by atoms with van der Waals surface area (Å²) in [7, 11) is 1.56. The van der Waals surface area contributed by atoms with Crippen LogP contribution in [-0.2, 0) is 9.63 Å². The lowest BCUT2D eigenvalue weighted by Gasteiger charge is -2.24. The van der Waals surface area contributed by atoms with Gasteiger partial charge in [-0.1, -0.05) is 12.8 Å². The first-order valence-corrected chi connectivity index (χ1v) is 4.09. The van der Waals surface area contributed by atoms with E-state index < -0.39 is 0 Å². The Bertz CT molecular complexity index is 141. The van der Waals surface area contributed by atoms with Gasteiger partial charge in [0.1, 0.15) is 0 Å². The zero-order chi connectivity index (χ0) is 8.27. The first-order chi connectivity index (χ1) is 5.25. The minimum Gasteiger partial charge on any atom is -0.274 e. The van der Waals surface area contributed by atoms with Gasteiger partial charge < -0.3 is 0 Å². The second-order valence-electron chi connectivity index (χ2n) is 2.97. The largest absolute Gasteiger partial charge is 0.274 e. The fourth-order valence-corrected chi connectivity index (χ4v) is 1.67. The molecule has 0 unspecified atom stereocenters. The van der Waals surface area contributed by atoms with Gasteiger partial charge in [-0.05, 0) is 12.8 Å². The Hall–Kier alpha value is -0.570. The molecule has 0 spiro atoms. The number of hydrogen-bond donors (Lipinski definition) is 0. The Morgan fingerprint density at radius 1 is 1.45 bits per heavy atom. The van der Waals surface area contributed by atoms with Crippen LogP contribution in [0.4, 0.5) is 0 Å². The predicted octanol–water partition coefficient (Wildman–Crippen LogP) is 1.34. The van der Waals surface area contributed by atoms with Crippen LogP contribution in [0.15, 0.2) is 0 Å². The van der Waals surface area contributed by atoms with Crippen molar-refractivity contribution in [2.75, 3.05) is 7.11 Å². The minimum atomic E-state index is 0.0133. The summed E-state index contributed by atoms with van der Waals surface area (Å²) < 4.78 is 0. The molecule has 0 saturated heterocycles. The SMILES string of the molecule is CON(C(C)=O)C1CCCC1. The summed E-state index contributed by atoms with van der Waals surface area (Å²) in [6.07, 6.45) is 4.62. The Morgan fingerprint density at radius 2 is 2.00 bits per heavy atom. The van der Waals surface area contributed by atoms with E-state index in [4.69, 9.17) is 4.84 Å². The average Bonchev–Trinajstić information content (AvgIpc) is 2.40. The molecular weight excluding hydrogens is 142 g/mol. The third kappa shape index (κ3) is 1.93. The lowest BCUT2D eigenvalue weighted by molar-refractivity contribution is -0.185. The van der Waals surface area contributed by atoms with Crippen LogP contribution in [0.3, 0.4) is 0 Å². The van der Waals surface area contributed by atoms with Crippen LogP contribution in [0.25, 0.3) is 0 Å². The number of carbonyl (C=O) groups excluding carboxylic acids is 1. The van der Waals surface area contributed by atoms with E-state index in [1.807, 2.05) is 0 Å². The Morgan fingerprint density at radius 3 is 2.36 bits per heavy atom. The molecule has 1 fully saturated rings. The van der Waals surface area contributed by atoms with E-state index in [-0.39, 0.29) is 5.91 Å². The van der Waals surface area contributed by atoms with E-state index in [9.17, 15) is 4.79 Å². The molecular formula is C8H15NO2. The van der Waals surface area contributed by atoms with Crippen LogP contribution in [-0.4, -0.2) is 24.1 Å². The third-order valence-corrected chi connectivity index (χ3v) is 2.16. The van der Waals surface area contributed by atoms with Crippen molar-refractivity contribution in [2.24, 2.45) is 0 Å². The summed E-state index contributed by atoms with van der Waals surface area (Å²) >= 11 is 0. The van der Waals surface area contributed by atoms with E-state index in [2.05, 4.69) is 0 Å². The highest BCUT2D eigenvalue weighted by Crippen LogP contribution is 2.23. The molecule has 0 N–H and O–H groups in total. The van der Waals surface area contributed by atoms with Crippen molar-refractivity contribution in [1.29, 1.82) is 0 Å². The minimum absolute atomic E-state index is 0.0133. The van der Waals surface area contributed by atoms with Crippen LogP contribution in [0, 0.1) is 0 Å². The fourth-order valence-electron chi connectivity index (χ4n) is 1.67. The summed E-state index contributed by atoms with van der Waals surface area (Å²) in [6, 6.07) is 0.331. The Labute approximate surface area is 67.3 Å². The molecule has 3 nitrogen and oxygen atoms in total. The van der Waals surface area contributed by atoms with Gasteiger partial charge in [0.05, 0.1) is 13.2 Å². The van der Waals surface area contributed by atoms with Crippen LogP contribution in [0.2, 0.25) is 0 Å². The summed E-state index contributed by atoms with van der Waals surface area (Å²) in [5, 5.41) is 1.49. The lowest BCUT2D eigenvalue weighted by atomic mass is 10.2. The molecule has 0 atom stereocenters. The molecule has 64 valence electrons. The summed E-state index contributed by atoms with van der Waals surface area (Å²) in [4.78, 5) is 15.9. The van der Waals surface area contributed by atoms with E-state index in [1.54, 1.807) is 14.0 Å². The molecule has 0 aromatic carbocycles. The smallest absolute Gasteiger partial charge is 0.243 e. The van der Waals surface area contributed by atoms with E-state index in [1.165, 1.54) is 17.9 Å². The van der Waals surface area contributed by atoms with Gasteiger partial charge in [0.2, 0.25) is 5.91 Å². The average molecular weight is 157 g/mol. The number of rotatable bonds is 2. The highest BCUT2D eigenvalue weighted by molar-refractivity contribution is 5.72. The van der Waals surface area contributed by atoms with Gasteiger partial charge in [0.15, 0.2) is 0 Å². The van der Waals surface area contributed by atoms with Crippen molar-refractivity contribution in [2.45, 2.75) is 38.6 Å². The van der Waals surface area contributed by atoms with Gasteiger partial charge in [-0.2, -0.15) is 0 Å². The van der Waals surface area contributed by atoms with Crippen molar-refractivity contribution in [1.82, 2.24) is 5.06 Å². The molecule has 1 aliphatic rings. The summed E-state index contributed by atoms with van der Waals surface area (Å²) in [6.45, 7) is 1.54. The molecule has 0 aromatic heterocycles. The first-order valence-electron chi connectivity index (χ1n) is 4.09. The Balaban J connectivity index is 2.46. The molecule has 11 heavy (non-hydrogen) atoms. The normalized spacial score (nSPS) is 18.7. The predicted molar refractivity (Wildman–Crippen MR) is 41.8 cm³/mol. The van der Waals surface area contributed by atoms with Gasteiger partial charge in [-0.15, -0.1) is 0 Å². The zero-order valence-electron chi connectivity index (χ0n) is 7.17. The Kier molecular flexibility index (Phi) is 2.88. The standard InChI is InChI=1S/C8H15NO2/c1-7(10)9(11-2)8-5-3-4-6-8/h8H,3-6H2,1-2H3. The third-order valence-electron chi connectivity index (χ3n) is 2.16. The molecule has 0 aliphatic heterocycles. The number of carbonyl (C=O) groups is 1. The molecule has 1 aliphatic carbocycles. The van der Waals surface area contributed by atoms with Crippen LogP contribution >= 0.6 is 0 Å². The molecule has 0 bridgehead atoms. The van der Waals surface area contributed by atoms with Crippen molar-refractivity contribution in [3.63, 3.8) is 0 Å². The number of nitrogens with zero attached hydrogens (tertiary/aromatic N) is 1. The zero-order valence-corrected chi connectivity index (χ0v) is 7.17. The maximum atomic E-state index is 11.0. The molecule has 0 aromatic rings. The second kappa shape index (κ2) is 3.72.